The van der Waals surface area contributed by atoms with Gasteiger partial charge in [0.2, 0.25) is 11.8 Å². The molecule has 1 saturated carbocycles. The number of halogens is 1. The number of nitrogens with zero attached hydrogens (tertiary/aromatic N) is 3. The minimum absolute atomic E-state index is 0.0118. The van der Waals surface area contributed by atoms with Gasteiger partial charge < -0.3 is 25.4 Å². The molecule has 1 aliphatic carbocycles. The van der Waals surface area contributed by atoms with Crippen LogP contribution < -0.4 is 20.7 Å². The van der Waals surface area contributed by atoms with Gasteiger partial charge in [-0.2, -0.15) is 9.37 Å². The first kappa shape index (κ1) is 19.8. The quantitative estimate of drug-likeness (QED) is 0.769. The first-order chi connectivity index (χ1) is 14.2. The average Bonchev–Trinajstić information content (AvgIpc) is 2.76. The second-order valence-corrected chi connectivity index (χ2v) is 7.71. The lowest BCUT2D eigenvalue weighted by Crippen LogP contribution is -2.36. The lowest BCUT2D eigenvalue weighted by atomic mass is 9.87. The van der Waals surface area contributed by atoms with Gasteiger partial charge in [0.1, 0.15) is 0 Å². The minimum atomic E-state index is -0.550. The van der Waals surface area contributed by atoms with Gasteiger partial charge in [-0.25, -0.2) is 4.98 Å². The maximum absolute atomic E-state index is 14.1. The fourth-order valence-electron chi connectivity index (χ4n) is 3.77. The summed E-state index contributed by atoms with van der Waals surface area (Å²) in [6, 6.07) is 8.30. The normalized spacial score (nSPS) is 22.3. The van der Waals surface area contributed by atoms with Crippen LogP contribution in [0.5, 0.6) is 5.88 Å². The van der Waals surface area contributed by atoms with Crippen molar-refractivity contribution in [2.45, 2.75) is 31.7 Å². The highest BCUT2D eigenvalue weighted by atomic mass is 19.1. The summed E-state index contributed by atoms with van der Waals surface area (Å²) < 4.78 is 25.1. The van der Waals surface area contributed by atoms with Crippen LogP contribution >= 0.6 is 0 Å². The molecule has 2 aromatic rings. The highest BCUT2D eigenvalue weighted by Gasteiger charge is 2.20. The summed E-state index contributed by atoms with van der Waals surface area (Å²) in [5.41, 5.74) is 7.92. The summed E-state index contributed by atoms with van der Waals surface area (Å²) in [6.07, 6.45) is 5.15. The van der Waals surface area contributed by atoms with Crippen LogP contribution in [0.2, 0.25) is 0 Å². The molecule has 2 heterocycles. The van der Waals surface area contributed by atoms with Gasteiger partial charge >= 0.3 is 0 Å². The van der Waals surface area contributed by atoms with Crippen LogP contribution in [0, 0.1) is 11.7 Å². The molecule has 0 radical (unpaired) electrons. The van der Waals surface area contributed by atoms with Crippen molar-refractivity contribution in [1.29, 1.82) is 0 Å². The smallest absolute Gasteiger partial charge is 0.255 e. The average molecular weight is 401 g/mol. The molecule has 2 aliphatic rings. The largest absolute Gasteiger partial charge is 0.475 e. The molecule has 3 N–H and O–H groups in total. The van der Waals surface area contributed by atoms with Gasteiger partial charge in [0.05, 0.1) is 26.0 Å². The van der Waals surface area contributed by atoms with Crippen molar-refractivity contribution in [2.24, 2.45) is 11.7 Å². The van der Waals surface area contributed by atoms with E-state index < -0.39 is 5.82 Å². The molecule has 29 heavy (non-hydrogen) atoms. The Morgan fingerprint density at radius 2 is 1.86 bits per heavy atom. The number of anilines is 3. The predicted molar refractivity (Wildman–Crippen MR) is 110 cm³/mol. The van der Waals surface area contributed by atoms with Crippen LogP contribution in [-0.4, -0.2) is 48.9 Å². The summed E-state index contributed by atoms with van der Waals surface area (Å²) in [5.74, 6) is 0.146. The van der Waals surface area contributed by atoms with Crippen molar-refractivity contribution < 1.29 is 13.9 Å². The van der Waals surface area contributed by atoms with Gasteiger partial charge in [-0.15, -0.1) is 0 Å². The monoisotopic (exact) mass is 401 g/mol. The Morgan fingerprint density at radius 1 is 1.14 bits per heavy atom. The zero-order valence-electron chi connectivity index (χ0n) is 16.5. The number of benzene rings is 1. The lowest BCUT2D eigenvalue weighted by molar-refractivity contribution is 0.122. The van der Waals surface area contributed by atoms with Crippen molar-refractivity contribution >= 4 is 17.3 Å². The van der Waals surface area contributed by atoms with Crippen LogP contribution in [-0.2, 0) is 4.74 Å². The molecule has 156 valence electrons. The van der Waals surface area contributed by atoms with E-state index in [-0.39, 0.29) is 11.9 Å². The predicted octanol–water partition coefficient (Wildman–Crippen LogP) is 3.09. The first-order valence-electron chi connectivity index (χ1n) is 10.3. The standard InChI is InChI=1S/C21H28FN5O2/c22-19-13-24-21(26-20(19)29-14-15-1-3-16(23)4-2-15)25-17-5-7-18(8-6-17)27-9-11-28-12-10-27/h5-8,13,15-16H,1-4,9-12,14,23H2,(H,24,25,26). The van der Waals surface area contributed by atoms with Gasteiger partial charge in [0, 0.05) is 30.5 Å². The van der Waals surface area contributed by atoms with Gasteiger partial charge in [-0.3, -0.25) is 0 Å². The summed E-state index contributed by atoms with van der Waals surface area (Å²) >= 11 is 0. The van der Waals surface area contributed by atoms with Crippen molar-refractivity contribution in [3.05, 3.63) is 36.3 Å². The van der Waals surface area contributed by atoms with E-state index in [0.717, 1.165) is 69.6 Å². The first-order valence-corrected chi connectivity index (χ1v) is 10.3. The molecular weight excluding hydrogens is 373 g/mol. The number of hydrogen-bond donors (Lipinski definition) is 2. The third-order valence-corrected chi connectivity index (χ3v) is 5.56. The lowest BCUT2D eigenvalue weighted by Gasteiger charge is -2.28. The zero-order chi connectivity index (χ0) is 20.1. The molecule has 4 rings (SSSR count). The molecule has 2 fully saturated rings. The fraction of sp³-hybridized carbons (Fsp3) is 0.524. The number of ether oxygens (including phenoxy) is 2. The summed E-state index contributed by atoms with van der Waals surface area (Å²) in [5, 5.41) is 3.12. The molecule has 0 amide bonds. The minimum Gasteiger partial charge on any atom is -0.475 e. The van der Waals surface area contributed by atoms with Crippen molar-refractivity contribution in [2.75, 3.05) is 43.1 Å². The highest BCUT2D eigenvalue weighted by molar-refractivity contribution is 5.59. The second kappa shape index (κ2) is 9.37. The van der Waals surface area contributed by atoms with Crippen LogP contribution in [0.15, 0.2) is 30.5 Å². The third kappa shape index (κ3) is 5.33. The van der Waals surface area contributed by atoms with E-state index in [1.807, 2.05) is 24.3 Å². The summed E-state index contributed by atoms with van der Waals surface area (Å²) in [4.78, 5) is 10.5. The van der Waals surface area contributed by atoms with E-state index in [1.165, 1.54) is 0 Å². The molecule has 0 atom stereocenters. The van der Waals surface area contributed by atoms with Crippen molar-refractivity contribution in [3.63, 3.8) is 0 Å². The topological polar surface area (TPSA) is 85.5 Å². The second-order valence-electron chi connectivity index (χ2n) is 7.71. The maximum atomic E-state index is 14.1. The Hall–Kier alpha value is -2.45. The Bertz CT molecular complexity index is 790. The van der Waals surface area contributed by atoms with E-state index in [9.17, 15) is 4.39 Å². The molecular formula is C21H28FN5O2. The fourth-order valence-corrected chi connectivity index (χ4v) is 3.77. The molecule has 8 heteroatoms. The highest BCUT2D eigenvalue weighted by Crippen LogP contribution is 2.25. The summed E-state index contributed by atoms with van der Waals surface area (Å²) in [6.45, 7) is 3.73. The van der Waals surface area contributed by atoms with Crippen LogP contribution in [0.4, 0.5) is 21.7 Å². The Kier molecular flexibility index (Phi) is 6.41. The Morgan fingerprint density at radius 3 is 2.59 bits per heavy atom. The molecule has 1 aliphatic heterocycles. The van der Waals surface area contributed by atoms with Crippen molar-refractivity contribution in [3.8, 4) is 5.88 Å². The number of rotatable bonds is 6. The number of hydrogen-bond acceptors (Lipinski definition) is 7. The maximum Gasteiger partial charge on any atom is 0.255 e. The van der Waals surface area contributed by atoms with Crippen LogP contribution in [0.1, 0.15) is 25.7 Å². The van der Waals surface area contributed by atoms with E-state index >= 15 is 0 Å². The van der Waals surface area contributed by atoms with Gasteiger partial charge in [0.15, 0.2) is 0 Å². The van der Waals surface area contributed by atoms with Gasteiger partial charge in [0.25, 0.3) is 5.88 Å². The van der Waals surface area contributed by atoms with Gasteiger partial charge in [-0.05, 0) is 55.9 Å². The zero-order valence-corrected chi connectivity index (χ0v) is 16.5. The van der Waals surface area contributed by atoms with Crippen LogP contribution in [0.25, 0.3) is 0 Å². The molecule has 1 aromatic carbocycles. The van der Waals surface area contributed by atoms with E-state index in [2.05, 4.69) is 20.2 Å². The SMILES string of the molecule is NC1CCC(COc2nc(Nc3ccc(N4CCOCC4)cc3)ncc2F)CC1. The number of aromatic nitrogens is 2. The van der Waals surface area contributed by atoms with Gasteiger partial charge in [-0.1, -0.05) is 0 Å². The number of morpholine rings is 1. The molecule has 0 unspecified atom stereocenters. The van der Waals surface area contributed by atoms with Crippen molar-refractivity contribution in [1.82, 2.24) is 9.97 Å². The Labute approximate surface area is 170 Å². The van der Waals surface area contributed by atoms with E-state index in [1.54, 1.807) is 0 Å². The molecule has 0 bridgehead atoms. The molecule has 0 spiro atoms. The number of nitrogens with two attached hydrogens (primary N) is 1. The number of nitrogens with one attached hydrogen (secondary N) is 1. The molecule has 7 nitrogen and oxygen atoms in total. The molecule has 1 aromatic heterocycles. The van der Waals surface area contributed by atoms with E-state index in [4.69, 9.17) is 15.2 Å². The molecule has 1 saturated heterocycles. The van der Waals surface area contributed by atoms with E-state index in [0.29, 0.717) is 18.5 Å². The third-order valence-electron chi connectivity index (χ3n) is 5.56. The summed E-state index contributed by atoms with van der Waals surface area (Å²) in [7, 11) is 0. The Balaban J connectivity index is 1.35. The van der Waals surface area contributed by atoms with Crippen LogP contribution in [0.3, 0.4) is 0 Å².